The van der Waals surface area contributed by atoms with Crippen molar-refractivity contribution in [3.63, 3.8) is 0 Å². The van der Waals surface area contributed by atoms with Crippen molar-refractivity contribution in [1.82, 2.24) is 0 Å². The van der Waals surface area contributed by atoms with Crippen LogP contribution >= 0.6 is 11.6 Å². The van der Waals surface area contributed by atoms with Crippen LogP contribution < -0.4 is 19.5 Å². The van der Waals surface area contributed by atoms with Crippen LogP contribution in [0.3, 0.4) is 0 Å². The molecule has 3 aromatic rings. The highest BCUT2D eigenvalue weighted by Gasteiger charge is 2.31. The van der Waals surface area contributed by atoms with Gasteiger partial charge in [-0.25, -0.2) is 8.42 Å². The Morgan fingerprint density at radius 2 is 1.66 bits per heavy atom. The topological polar surface area (TPSA) is 93.7 Å². The van der Waals surface area contributed by atoms with Gasteiger partial charge >= 0.3 is 6.36 Å². The van der Waals surface area contributed by atoms with Crippen molar-refractivity contribution in [2.24, 2.45) is 0 Å². The first-order valence-corrected chi connectivity index (χ1v) is 10.7. The summed E-state index contributed by atoms with van der Waals surface area (Å²) in [5.41, 5.74) is 0.454. The van der Waals surface area contributed by atoms with Crippen molar-refractivity contribution in [3.8, 4) is 17.2 Å². The smallest absolute Gasteiger partial charge is 0.454 e. The highest BCUT2D eigenvalue weighted by atomic mass is 35.5. The number of nitrogens with one attached hydrogen (secondary N) is 2. The van der Waals surface area contributed by atoms with Crippen LogP contribution in [0.4, 0.5) is 24.5 Å². The van der Waals surface area contributed by atoms with Crippen molar-refractivity contribution in [3.05, 3.63) is 71.2 Å². The lowest BCUT2D eigenvalue weighted by atomic mass is 10.1. The number of hydrogen-bond acceptors (Lipinski definition) is 5. The van der Waals surface area contributed by atoms with Gasteiger partial charge in [0.15, 0.2) is 5.75 Å². The van der Waals surface area contributed by atoms with Gasteiger partial charge < -0.3 is 14.8 Å². The van der Waals surface area contributed by atoms with Crippen molar-refractivity contribution in [2.45, 2.75) is 11.3 Å². The molecule has 7 nitrogen and oxygen atoms in total. The minimum Gasteiger partial charge on any atom is -0.454 e. The van der Waals surface area contributed by atoms with Gasteiger partial charge in [0.05, 0.1) is 16.1 Å². The van der Waals surface area contributed by atoms with Crippen LogP contribution in [-0.4, -0.2) is 20.7 Å². The van der Waals surface area contributed by atoms with Crippen LogP contribution in [0, 0.1) is 0 Å². The molecule has 166 valence electrons. The van der Waals surface area contributed by atoms with E-state index < -0.39 is 28.0 Å². The van der Waals surface area contributed by atoms with E-state index in [1.54, 1.807) is 12.1 Å². The van der Waals surface area contributed by atoms with E-state index in [0.29, 0.717) is 16.5 Å². The molecule has 0 aliphatic carbocycles. The highest BCUT2D eigenvalue weighted by molar-refractivity contribution is 7.92. The van der Waals surface area contributed by atoms with Crippen LogP contribution in [0.1, 0.15) is 10.4 Å². The summed E-state index contributed by atoms with van der Waals surface area (Å²) < 4.78 is 73.7. The summed E-state index contributed by atoms with van der Waals surface area (Å²) in [6, 6.07) is 12.4. The quantitative estimate of drug-likeness (QED) is 0.517. The molecule has 4 rings (SSSR count). The first kappa shape index (κ1) is 21.8. The molecule has 0 atom stereocenters. The second-order valence-electron chi connectivity index (χ2n) is 6.53. The second-order valence-corrected chi connectivity index (χ2v) is 8.65. The molecule has 0 saturated carbocycles. The monoisotopic (exact) mass is 484 g/mol. The lowest BCUT2D eigenvalue weighted by molar-refractivity contribution is -0.274. The van der Waals surface area contributed by atoms with Crippen LogP contribution in [0.5, 0.6) is 17.2 Å². The van der Waals surface area contributed by atoms with E-state index in [4.69, 9.17) is 16.3 Å². The molecular weight excluding hydrogens is 473 g/mol. The minimum absolute atomic E-state index is 0.0436. The maximum Gasteiger partial charge on any atom is 0.573 e. The molecule has 0 bridgehead atoms. The van der Waals surface area contributed by atoms with Gasteiger partial charge in [-0.15, -0.1) is 13.2 Å². The summed E-state index contributed by atoms with van der Waals surface area (Å²) in [4.78, 5) is 12.3. The molecule has 0 saturated heterocycles. The third kappa shape index (κ3) is 4.73. The van der Waals surface area contributed by atoms with Crippen molar-refractivity contribution >= 4 is 38.9 Å². The normalized spacial score (nSPS) is 13.2. The third-order valence-electron chi connectivity index (χ3n) is 4.25. The molecule has 0 spiro atoms. The summed E-state index contributed by atoms with van der Waals surface area (Å²) in [6.45, 7) is 0. The Balaban J connectivity index is 1.58. The van der Waals surface area contributed by atoms with Gasteiger partial charge in [0.1, 0.15) is 11.5 Å². The maximum absolute atomic E-state index is 12.6. The number of sulfonamides is 1. The fourth-order valence-corrected chi connectivity index (χ4v) is 4.11. The number of alkyl halides is 3. The Morgan fingerprint density at radius 1 is 0.969 bits per heavy atom. The lowest BCUT2D eigenvalue weighted by Gasteiger charge is -2.12. The number of fused-ring (bicyclic) bond motifs is 2. The Morgan fingerprint density at radius 3 is 2.34 bits per heavy atom. The van der Waals surface area contributed by atoms with E-state index >= 15 is 0 Å². The summed E-state index contributed by atoms with van der Waals surface area (Å²) in [5, 5.41) is 3.02. The van der Waals surface area contributed by atoms with Crippen molar-refractivity contribution < 1.29 is 35.9 Å². The Hall–Kier alpha value is -3.44. The van der Waals surface area contributed by atoms with E-state index in [9.17, 15) is 26.4 Å². The molecule has 1 amide bonds. The van der Waals surface area contributed by atoms with Crippen molar-refractivity contribution in [2.75, 3.05) is 10.0 Å². The van der Waals surface area contributed by atoms with Gasteiger partial charge in [0.2, 0.25) is 0 Å². The molecule has 0 unspecified atom stereocenters. The van der Waals surface area contributed by atoms with Crippen LogP contribution in [0.15, 0.2) is 65.6 Å². The molecule has 0 radical (unpaired) electrons. The standard InChI is InChI=1S/C20H12ClF3N2O5S/c21-11-1-7-18-16(9-11)25-19(27)15-10-12(2-8-17(15)30-18)26-32(28,29)14-5-3-13(4-6-14)31-20(22,23)24/h1-10,26H,(H,25,27). The van der Waals surface area contributed by atoms with Crippen molar-refractivity contribution in [1.29, 1.82) is 0 Å². The van der Waals surface area contributed by atoms with Gasteiger partial charge in [-0.1, -0.05) is 11.6 Å². The SMILES string of the molecule is O=C1Nc2cc(Cl)ccc2Oc2ccc(NS(=O)(=O)c3ccc(OC(F)(F)F)cc3)cc21. The predicted molar refractivity (Wildman–Crippen MR) is 110 cm³/mol. The van der Waals surface area contributed by atoms with E-state index in [1.165, 1.54) is 24.3 Å². The number of halogens is 4. The summed E-state index contributed by atoms with van der Waals surface area (Å²) in [7, 11) is -4.16. The van der Waals surface area contributed by atoms with Gasteiger partial charge in [-0.05, 0) is 60.7 Å². The number of amides is 1. The lowest BCUT2D eigenvalue weighted by Crippen LogP contribution is -2.17. The summed E-state index contributed by atoms with van der Waals surface area (Å²) in [6.07, 6.45) is -4.89. The van der Waals surface area contributed by atoms with Crippen LogP contribution in [0.2, 0.25) is 5.02 Å². The number of hydrogen-bond donors (Lipinski definition) is 2. The first-order chi connectivity index (χ1) is 15.0. The third-order valence-corrected chi connectivity index (χ3v) is 5.89. The predicted octanol–water partition coefficient (Wildman–Crippen LogP) is 5.40. The molecule has 2 N–H and O–H groups in total. The van der Waals surface area contributed by atoms with Gasteiger partial charge in [0, 0.05) is 10.7 Å². The second kappa shape index (κ2) is 7.92. The molecule has 0 fully saturated rings. The molecule has 1 heterocycles. The minimum atomic E-state index is -4.89. The Bertz CT molecular complexity index is 1310. The molecule has 12 heteroatoms. The molecule has 1 aliphatic rings. The van der Waals surface area contributed by atoms with E-state index in [-0.39, 0.29) is 21.9 Å². The van der Waals surface area contributed by atoms with Gasteiger partial charge in [-0.2, -0.15) is 0 Å². The van der Waals surface area contributed by atoms with Crippen LogP contribution in [0.25, 0.3) is 0 Å². The largest absolute Gasteiger partial charge is 0.573 e. The molecule has 0 aromatic heterocycles. The van der Waals surface area contributed by atoms with E-state index in [0.717, 1.165) is 24.3 Å². The summed E-state index contributed by atoms with van der Waals surface area (Å²) in [5.74, 6) is -0.554. The van der Waals surface area contributed by atoms with Crippen LogP contribution in [-0.2, 0) is 10.0 Å². The summed E-state index contributed by atoms with van der Waals surface area (Å²) >= 11 is 5.94. The molecule has 3 aromatic carbocycles. The first-order valence-electron chi connectivity index (χ1n) is 8.82. The fraction of sp³-hybridized carbons (Fsp3) is 0.0500. The zero-order valence-corrected chi connectivity index (χ0v) is 17.3. The molecule has 32 heavy (non-hydrogen) atoms. The Kier molecular flexibility index (Phi) is 5.39. The highest BCUT2D eigenvalue weighted by Crippen LogP contribution is 2.38. The average molecular weight is 485 g/mol. The average Bonchev–Trinajstić information content (AvgIpc) is 2.82. The number of carbonyl (C=O) groups excluding carboxylic acids is 1. The maximum atomic E-state index is 12.6. The number of benzene rings is 3. The zero-order valence-electron chi connectivity index (χ0n) is 15.7. The van der Waals surface area contributed by atoms with E-state index in [1.807, 2.05) is 0 Å². The number of anilines is 2. The number of carbonyl (C=O) groups is 1. The zero-order chi connectivity index (χ0) is 23.1. The number of rotatable bonds is 4. The van der Waals surface area contributed by atoms with Gasteiger partial charge in [0.25, 0.3) is 15.9 Å². The van der Waals surface area contributed by atoms with Gasteiger partial charge in [-0.3, -0.25) is 9.52 Å². The Labute approximate surface area is 184 Å². The fourth-order valence-electron chi connectivity index (χ4n) is 2.89. The van der Waals surface area contributed by atoms with E-state index in [2.05, 4.69) is 14.8 Å². The number of ether oxygens (including phenoxy) is 2. The molecular formula is C20H12ClF3N2O5S. The molecule has 1 aliphatic heterocycles.